The lowest BCUT2D eigenvalue weighted by Gasteiger charge is -2.33. The summed E-state index contributed by atoms with van der Waals surface area (Å²) in [5, 5.41) is 23.1. The molecular formula is C13H18Cl2N4O2. The highest BCUT2D eigenvalue weighted by Crippen LogP contribution is 2.27. The van der Waals surface area contributed by atoms with Crippen LogP contribution in [0.4, 0.5) is 5.69 Å². The maximum absolute atomic E-state index is 10.8. The summed E-state index contributed by atoms with van der Waals surface area (Å²) in [4.78, 5) is 12.6. The summed E-state index contributed by atoms with van der Waals surface area (Å²) in [5.74, 6) is 0. The van der Waals surface area contributed by atoms with E-state index in [1.807, 2.05) is 6.07 Å². The number of hydrogen-bond donors (Lipinski definition) is 1. The first kappa shape index (κ1) is 19.6. The Morgan fingerprint density at radius 3 is 2.62 bits per heavy atom. The molecule has 1 heterocycles. The molecule has 21 heavy (non-hydrogen) atoms. The third-order valence-electron chi connectivity index (χ3n) is 3.34. The highest BCUT2D eigenvalue weighted by atomic mass is 35.5. The minimum Gasteiger partial charge on any atom is -0.314 e. The molecule has 0 radical (unpaired) electrons. The number of hydrogen-bond acceptors (Lipinski definition) is 5. The standard InChI is InChI=1S/C13H16N4O2.2ClH/c14-5-4-13(16-8-6-15-7-9-16)11-2-1-3-12(10-11)17(18)19;;/h1-3,10,13,15H,4,6-9H2;2*1H/t13-;;/m1../s1. The summed E-state index contributed by atoms with van der Waals surface area (Å²) in [7, 11) is 0. The Hall–Kier alpha value is -1.39. The van der Waals surface area contributed by atoms with Crippen molar-refractivity contribution in [3.8, 4) is 6.07 Å². The molecule has 1 aliphatic heterocycles. The molecule has 6 nitrogen and oxygen atoms in total. The van der Waals surface area contributed by atoms with Gasteiger partial charge in [0.05, 0.1) is 17.4 Å². The third kappa shape index (κ3) is 5.14. The number of nitro benzene ring substituents is 1. The van der Waals surface area contributed by atoms with Crippen molar-refractivity contribution in [2.45, 2.75) is 12.5 Å². The van der Waals surface area contributed by atoms with Gasteiger partial charge in [0.1, 0.15) is 0 Å². The van der Waals surface area contributed by atoms with Crippen molar-refractivity contribution in [1.82, 2.24) is 10.2 Å². The van der Waals surface area contributed by atoms with E-state index in [1.54, 1.807) is 12.1 Å². The molecule has 0 bridgehead atoms. The van der Waals surface area contributed by atoms with Gasteiger partial charge in [-0.1, -0.05) is 12.1 Å². The Labute approximate surface area is 136 Å². The Morgan fingerprint density at radius 2 is 2.05 bits per heavy atom. The lowest BCUT2D eigenvalue weighted by Crippen LogP contribution is -2.45. The van der Waals surface area contributed by atoms with Crippen molar-refractivity contribution in [3.05, 3.63) is 39.9 Å². The number of nitriles is 1. The van der Waals surface area contributed by atoms with Crippen LogP contribution >= 0.6 is 24.8 Å². The number of halogens is 2. The molecule has 0 amide bonds. The number of benzene rings is 1. The van der Waals surface area contributed by atoms with Crippen molar-refractivity contribution in [1.29, 1.82) is 5.26 Å². The van der Waals surface area contributed by atoms with Crippen molar-refractivity contribution >= 4 is 30.5 Å². The lowest BCUT2D eigenvalue weighted by atomic mass is 10.0. The van der Waals surface area contributed by atoms with Gasteiger partial charge in [-0.15, -0.1) is 24.8 Å². The smallest absolute Gasteiger partial charge is 0.269 e. The lowest BCUT2D eigenvalue weighted by molar-refractivity contribution is -0.385. The van der Waals surface area contributed by atoms with Crippen LogP contribution in [0.3, 0.4) is 0 Å². The molecule has 0 aliphatic carbocycles. The van der Waals surface area contributed by atoms with E-state index < -0.39 is 4.92 Å². The van der Waals surface area contributed by atoms with Gasteiger partial charge in [0.15, 0.2) is 0 Å². The number of nitro groups is 1. The van der Waals surface area contributed by atoms with E-state index in [4.69, 9.17) is 5.26 Å². The second-order valence-electron chi connectivity index (χ2n) is 4.52. The Balaban J connectivity index is 0.00000200. The SMILES string of the molecule is Cl.Cl.N#CC[C@H](c1cccc([N+](=O)[O-])c1)N1CCNCC1. The molecule has 1 fully saturated rings. The predicted molar refractivity (Wildman–Crippen MR) is 85.0 cm³/mol. The normalized spacial score (nSPS) is 16.0. The summed E-state index contributed by atoms with van der Waals surface area (Å²) in [6.07, 6.45) is 0.348. The largest absolute Gasteiger partial charge is 0.314 e. The van der Waals surface area contributed by atoms with E-state index in [2.05, 4.69) is 16.3 Å². The van der Waals surface area contributed by atoms with Gasteiger partial charge in [-0.05, 0) is 5.56 Å². The highest BCUT2D eigenvalue weighted by molar-refractivity contribution is 5.85. The fourth-order valence-electron chi connectivity index (χ4n) is 2.38. The number of rotatable bonds is 4. The van der Waals surface area contributed by atoms with Gasteiger partial charge in [0.25, 0.3) is 5.69 Å². The molecule has 116 valence electrons. The van der Waals surface area contributed by atoms with Crippen molar-refractivity contribution in [3.63, 3.8) is 0 Å². The minimum absolute atomic E-state index is 0. The Kier molecular flexibility index (Phi) is 8.90. The van der Waals surface area contributed by atoms with Crippen LogP contribution in [0, 0.1) is 21.4 Å². The number of non-ortho nitro benzene ring substituents is 1. The molecule has 0 unspecified atom stereocenters. The van der Waals surface area contributed by atoms with Gasteiger partial charge in [0.2, 0.25) is 0 Å². The van der Waals surface area contributed by atoms with E-state index in [9.17, 15) is 10.1 Å². The molecule has 1 aromatic carbocycles. The highest BCUT2D eigenvalue weighted by Gasteiger charge is 2.23. The second kappa shape index (κ2) is 9.53. The van der Waals surface area contributed by atoms with Gasteiger partial charge in [-0.3, -0.25) is 15.0 Å². The molecule has 1 atom stereocenters. The summed E-state index contributed by atoms with van der Waals surface area (Å²) >= 11 is 0. The van der Waals surface area contributed by atoms with Crippen molar-refractivity contribution < 1.29 is 4.92 Å². The number of nitrogens with zero attached hydrogens (tertiary/aromatic N) is 3. The van der Waals surface area contributed by atoms with Gasteiger partial charge in [0, 0.05) is 44.4 Å². The van der Waals surface area contributed by atoms with Gasteiger partial charge < -0.3 is 5.32 Å². The molecule has 8 heteroatoms. The number of piperazine rings is 1. The third-order valence-corrected chi connectivity index (χ3v) is 3.34. The number of nitrogens with one attached hydrogen (secondary N) is 1. The Morgan fingerprint density at radius 1 is 1.38 bits per heavy atom. The predicted octanol–water partition coefficient (Wildman–Crippen LogP) is 2.30. The Bertz CT molecular complexity index is 501. The van der Waals surface area contributed by atoms with E-state index in [0.717, 1.165) is 31.7 Å². The first-order chi connectivity index (χ1) is 9.22. The molecule has 0 saturated carbocycles. The fourth-order valence-corrected chi connectivity index (χ4v) is 2.38. The second-order valence-corrected chi connectivity index (χ2v) is 4.52. The quantitative estimate of drug-likeness (QED) is 0.675. The molecular weight excluding hydrogens is 315 g/mol. The monoisotopic (exact) mass is 332 g/mol. The zero-order chi connectivity index (χ0) is 13.7. The molecule has 0 aromatic heterocycles. The summed E-state index contributed by atoms with van der Waals surface area (Å²) in [6.45, 7) is 3.48. The summed E-state index contributed by atoms with van der Waals surface area (Å²) in [5.41, 5.74) is 0.924. The van der Waals surface area contributed by atoms with Gasteiger partial charge in [-0.2, -0.15) is 5.26 Å². The maximum Gasteiger partial charge on any atom is 0.269 e. The van der Waals surface area contributed by atoms with E-state index >= 15 is 0 Å². The minimum atomic E-state index is -0.398. The van der Waals surface area contributed by atoms with Crippen LogP contribution in [-0.4, -0.2) is 36.0 Å². The van der Waals surface area contributed by atoms with E-state index in [0.29, 0.717) is 6.42 Å². The van der Waals surface area contributed by atoms with Gasteiger partial charge in [-0.25, -0.2) is 0 Å². The van der Waals surface area contributed by atoms with Crippen LogP contribution in [0.5, 0.6) is 0 Å². The zero-order valence-electron chi connectivity index (χ0n) is 11.4. The molecule has 0 spiro atoms. The zero-order valence-corrected chi connectivity index (χ0v) is 13.0. The molecule has 1 N–H and O–H groups in total. The van der Waals surface area contributed by atoms with E-state index in [1.165, 1.54) is 6.07 Å². The fraction of sp³-hybridized carbons (Fsp3) is 0.462. The molecule has 2 rings (SSSR count). The van der Waals surface area contributed by atoms with Crippen LogP contribution < -0.4 is 5.32 Å². The van der Waals surface area contributed by atoms with Crippen molar-refractivity contribution in [2.24, 2.45) is 0 Å². The van der Waals surface area contributed by atoms with Crippen LogP contribution in [0.1, 0.15) is 18.0 Å². The van der Waals surface area contributed by atoms with Crippen LogP contribution in [-0.2, 0) is 0 Å². The van der Waals surface area contributed by atoms with Crippen LogP contribution in [0.2, 0.25) is 0 Å². The maximum atomic E-state index is 10.8. The molecule has 1 aliphatic rings. The van der Waals surface area contributed by atoms with Gasteiger partial charge >= 0.3 is 0 Å². The summed E-state index contributed by atoms with van der Waals surface area (Å²) in [6, 6.07) is 8.71. The average Bonchev–Trinajstić information content (AvgIpc) is 2.46. The first-order valence-electron chi connectivity index (χ1n) is 6.28. The first-order valence-corrected chi connectivity index (χ1v) is 6.28. The summed E-state index contributed by atoms with van der Waals surface area (Å²) < 4.78 is 0. The van der Waals surface area contributed by atoms with E-state index in [-0.39, 0.29) is 36.5 Å². The topological polar surface area (TPSA) is 82.2 Å². The van der Waals surface area contributed by atoms with Crippen molar-refractivity contribution in [2.75, 3.05) is 26.2 Å². The molecule has 1 aromatic rings. The average molecular weight is 333 g/mol. The van der Waals surface area contributed by atoms with Crippen LogP contribution in [0.25, 0.3) is 0 Å². The molecule has 1 saturated heterocycles. The van der Waals surface area contributed by atoms with Crippen LogP contribution in [0.15, 0.2) is 24.3 Å².